The van der Waals surface area contributed by atoms with Gasteiger partial charge in [-0.15, -0.1) is 0 Å². The van der Waals surface area contributed by atoms with Crippen LogP contribution in [0.4, 0.5) is 0 Å². The van der Waals surface area contributed by atoms with E-state index in [1.165, 1.54) is 205 Å². The molecule has 17 nitrogen and oxygen atoms in total. The van der Waals surface area contributed by atoms with E-state index in [1.807, 2.05) is 0 Å². The van der Waals surface area contributed by atoms with Crippen molar-refractivity contribution < 1.29 is 80.2 Å². The van der Waals surface area contributed by atoms with E-state index in [4.69, 9.17) is 37.0 Å². The molecule has 0 saturated carbocycles. The monoisotopic (exact) mass is 1450 g/mol. The molecule has 0 radical (unpaired) electrons. The molecule has 0 aromatic heterocycles. The van der Waals surface area contributed by atoms with Crippen LogP contribution >= 0.6 is 15.6 Å². The van der Waals surface area contributed by atoms with Crippen molar-refractivity contribution in [2.75, 3.05) is 39.6 Å². The van der Waals surface area contributed by atoms with E-state index in [0.717, 1.165) is 114 Å². The topological polar surface area (TPSA) is 237 Å². The summed E-state index contributed by atoms with van der Waals surface area (Å²) in [6.07, 6.45) is 55.4. The van der Waals surface area contributed by atoms with Gasteiger partial charge in [-0.3, -0.25) is 37.3 Å². The zero-order chi connectivity index (χ0) is 73.1. The van der Waals surface area contributed by atoms with Gasteiger partial charge in [0.15, 0.2) is 12.2 Å². The lowest BCUT2D eigenvalue weighted by Crippen LogP contribution is -2.30. The van der Waals surface area contributed by atoms with E-state index in [1.54, 1.807) is 0 Å². The number of ether oxygens (including phenoxy) is 4. The first-order chi connectivity index (χ1) is 47.7. The van der Waals surface area contributed by atoms with Crippen LogP contribution in [0.25, 0.3) is 0 Å². The molecule has 0 aromatic rings. The minimum Gasteiger partial charge on any atom is -0.462 e. The summed E-state index contributed by atoms with van der Waals surface area (Å²) >= 11 is 0. The number of hydrogen-bond acceptors (Lipinski definition) is 15. The highest BCUT2D eigenvalue weighted by Crippen LogP contribution is 2.45. The molecule has 99 heavy (non-hydrogen) atoms. The maximum absolute atomic E-state index is 13.1. The molecule has 0 aliphatic heterocycles. The van der Waals surface area contributed by atoms with E-state index < -0.39 is 97.5 Å². The molecule has 588 valence electrons. The molecule has 0 spiro atoms. The Bertz CT molecular complexity index is 1940. The number of esters is 4. The molecule has 0 aliphatic rings. The van der Waals surface area contributed by atoms with Crippen molar-refractivity contribution in [3.8, 4) is 0 Å². The number of hydrogen-bond donors (Lipinski definition) is 3. The molecular weight excluding hydrogens is 1290 g/mol. The minimum absolute atomic E-state index is 0.106. The summed E-state index contributed by atoms with van der Waals surface area (Å²) in [5.74, 6) is 1.04. The molecule has 0 rings (SSSR count). The molecule has 0 heterocycles. The zero-order valence-corrected chi connectivity index (χ0v) is 66.9. The Hall–Kier alpha value is -1.94. The van der Waals surface area contributed by atoms with Crippen LogP contribution in [0, 0.1) is 23.7 Å². The number of carbonyl (C=O) groups is 4. The van der Waals surface area contributed by atoms with Crippen LogP contribution in [0.5, 0.6) is 0 Å². The molecule has 19 heteroatoms. The fraction of sp³-hybridized carbons (Fsp3) is 0.950. The van der Waals surface area contributed by atoms with Crippen LogP contribution in [-0.2, 0) is 65.4 Å². The van der Waals surface area contributed by atoms with Gasteiger partial charge in [-0.2, -0.15) is 0 Å². The molecule has 7 atom stereocenters. The Morgan fingerprint density at radius 3 is 0.717 bits per heavy atom. The first kappa shape index (κ1) is 97.1. The molecule has 0 amide bonds. The highest BCUT2D eigenvalue weighted by Gasteiger charge is 2.30. The minimum atomic E-state index is -4.96. The Morgan fingerprint density at radius 2 is 0.485 bits per heavy atom. The summed E-state index contributed by atoms with van der Waals surface area (Å²) in [5, 5.41) is 10.6. The van der Waals surface area contributed by atoms with E-state index in [0.29, 0.717) is 31.6 Å². The summed E-state index contributed by atoms with van der Waals surface area (Å²) in [4.78, 5) is 73.0. The van der Waals surface area contributed by atoms with E-state index >= 15 is 0 Å². The summed E-state index contributed by atoms with van der Waals surface area (Å²) in [6.45, 7) is 14.3. The SMILES string of the molecule is CCC(C)CCCCCCCCCCCCCCCCC(=O)OC[C@H](COP(=O)(O)OCC(O)COP(=O)(O)OC[C@@H](COC(=O)CCCCCCCCCC(C)C)OC(=O)CCCCCCCCCCCCCCCCC(C)CC)OC(=O)CCCCCCCCCCCCC(C)C. The third-order valence-corrected chi connectivity index (χ3v) is 21.2. The van der Waals surface area contributed by atoms with Gasteiger partial charge in [0, 0.05) is 25.7 Å². The molecule has 0 bridgehead atoms. The predicted molar refractivity (Wildman–Crippen MR) is 404 cm³/mol. The summed E-state index contributed by atoms with van der Waals surface area (Å²) in [5.41, 5.74) is 0. The molecule has 5 unspecified atom stereocenters. The first-order valence-corrected chi connectivity index (χ1v) is 44.3. The quantitative estimate of drug-likeness (QED) is 0.0222. The van der Waals surface area contributed by atoms with Gasteiger partial charge in [-0.1, -0.05) is 357 Å². The van der Waals surface area contributed by atoms with Crippen LogP contribution in [0.2, 0.25) is 0 Å². The number of aliphatic hydroxyl groups is 1. The molecule has 0 aliphatic carbocycles. The van der Waals surface area contributed by atoms with Gasteiger partial charge in [0.25, 0.3) is 0 Å². The summed E-state index contributed by atoms with van der Waals surface area (Å²) in [6, 6.07) is 0. The Labute approximate surface area is 607 Å². The normalized spacial score (nSPS) is 14.6. The fourth-order valence-electron chi connectivity index (χ4n) is 12.2. The standard InChI is InChI=1S/C80H156O17P2/c1-9-72(7)58-50-42-34-26-19-15-11-13-17-21-28-36-44-52-60-77(82)90-66-75(96-80(85)63-55-47-38-30-24-23-25-32-40-48-56-70(3)4)68-94-98(86,87)92-64-74(81)65-93-99(88,89)95-69-76(67-91-78(83)61-53-45-39-31-33-41-49-57-71(5)6)97-79(84)62-54-46-37-29-22-18-14-12-16-20-27-35-43-51-59-73(8)10-2/h70-76,81H,9-69H2,1-8H3,(H,86,87)(H,88,89)/t72?,73?,74?,75-,76-/m1/s1. The summed E-state index contributed by atoms with van der Waals surface area (Å²) < 4.78 is 68.7. The Morgan fingerprint density at radius 1 is 0.283 bits per heavy atom. The van der Waals surface area contributed by atoms with Crippen molar-refractivity contribution in [1.82, 2.24) is 0 Å². The van der Waals surface area contributed by atoms with Gasteiger partial charge in [0.2, 0.25) is 0 Å². The third kappa shape index (κ3) is 71.5. The summed E-state index contributed by atoms with van der Waals surface area (Å²) in [7, 11) is -9.92. The number of carbonyl (C=O) groups excluding carboxylic acids is 4. The van der Waals surface area contributed by atoms with Crippen molar-refractivity contribution in [3.63, 3.8) is 0 Å². The average Bonchev–Trinajstić information content (AvgIpc) is 1.11. The fourth-order valence-corrected chi connectivity index (χ4v) is 13.8. The number of phosphoric acid groups is 2. The Balaban J connectivity index is 5.22. The van der Waals surface area contributed by atoms with Crippen LogP contribution in [0.15, 0.2) is 0 Å². The highest BCUT2D eigenvalue weighted by molar-refractivity contribution is 7.47. The van der Waals surface area contributed by atoms with Crippen molar-refractivity contribution in [2.45, 2.75) is 427 Å². The van der Waals surface area contributed by atoms with Crippen molar-refractivity contribution in [1.29, 1.82) is 0 Å². The second kappa shape index (κ2) is 69.1. The van der Waals surface area contributed by atoms with Crippen LogP contribution in [0.3, 0.4) is 0 Å². The van der Waals surface area contributed by atoms with Gasteiger partial charge in [-0.05, 0) is 49.4 Å². The van der Waals surface area contributed by atoms with Gasteiger partial charge >= 0.3 is 39.5 Å². The number of phosphoric ester groups is 2. The smallest absolute Gasteiger partial charge is 0.462 e. The number of rotatable bonds is 77. The second-order valence-electron chi connectivity index (χ2n) is 30.2. The lowest BCUT2D eigenvalue weighted by molar-refractivity contribution is -0.161. The molecule has 0 fully saturated rings. The van der Waals surface area contributed by atoms with E-state index in [-0.39, 0.29) is 25.7 Å². The lowest BCUT2D eigenvalue weighted by Gasteiger charge is -2.21. The maximum atomic E-state index is 13.1. The predicted octanol–water partition coefficient (Wildman–Crippen LogP) is 23.6. The number of unbranched alkanes of at least 4 members (excludes halogenated alkanes) is 41. The van der Waals surface area contributed by atoms with Crippen molar-refractivity contribution >= 4 is 39.5 Å². The number of aliphatic hydroxyl groups excluding tert-OH is 1. The molecule has 0 aromatic carbocycles. The average molecular weight is 1450 g/mol. The second-order valence-corrected chi connectivity index (χ2v) is 33.1. The largest absolute Gasteiger partial charge is 0.472 e. The van der Waals surface area contributed by atoms with Crippen LogP contribution in [0.1, 0.15) is 409 Å². The Kier molecular flexibility index (Phi) is 67.8. The van der Waals surface area contributed by atoms with E-state index in [9.17, 15) is 43.2 Å². The third-order valence-electron chi connectivity index (χ3n) is 19.3. The van der Waals surface area contributed by atoms with Crippen LogP contribution < -0.4 is 0 Å². The maximum Gasteiger partial charge on any atom is 0.472 e. The molecule has 3 N–H and O–H groups in total. The highest BCUT2D eigenvalue weighted by atomic mass is 31.2. The first-order valence-electron chi connectivity index (χ1n) is 41.3. The zero-order valence-electron chi connectivity index (χ0n) is 65.1. The van der Waals surface area contributed by atoms with Gasteiger partial charge < -0.3 is 33.8 Å². The molecule has 0 saturated heterocycles. The van der Waals surface area contributed by atoms with Gasteiger partial charge in [0.05, 0.1) is 26.4 Å². The van der Waals surface area contributed by atoms with Gasteiger partial charge in [-0.25, -0.2) is 9.13 Å². The lowest BCUT2D eigenvalue weighted by atomic mass is 9.99. The van der Waals surface area contributed by atoms with Crippen LogP contribution in [-0.4, -0.2) is 96.7 Å². The van der Waals surface area contributed by atoms with Gasteiger partial charge in [0.1, 0.15) is 19.3 Å². The van der Waals surface area contributed by atoms with Crippen molar-refractivity contribution in [2.24, 2.45) is 23.7 Å². The molecular formula is C80H156O17P2. The van der Waals surface area contributed by atoms with E-state index in [2.05, 4.69) is 55.4 Å². The van der Waals surface area contributed by atoms with Crippen molar-refractivity contribution in [3.05, 3.63) is 0 Å².